The Bertz CT molecular complexity index is 598. The first-order valence-electron chi connectivity index (χ1n) is 7.24. The molecule has 2 nitrogen and oxygen atoms in total. The van der Waals surface area contributed by atoms with Gasteiger partial charge in [0.25, 0.3) is 0 Å². The molecule has 2 rings (SSSR count). The van der Waals surface area contributed by atoms with Crippen LogP contribution in [-0.2, 0) is 12.8 Å². The van der Waals surface area contributed by atoms with Crippen molar-refractivity contribution in [2.24, 2.45) is 0 Å². The lowest BCUT2D eigenvalue weighted by atomic mass is 10.1. The second-order valence-corrected chi connectivity index (χ2v) is 4.95. The van der Waals surface area contributed by atoms with Gasteiger partial charge < -0.3 is 9.84 Å². The quantitative estimate of drug-likeness (QED) is 0.799. The third kappa shape index (κ3) is 5.88. The van der Waals surface area contributed by atoms with E-state index in [9.17, 15) is 5.11 Å². The van der Waals surface area contributed by atoms with E-state index in [1.807, 2.05) is 55.5 Å². The van der Waals surface area contributed by atoms with Gasteiger partial charge in [-0.3, -0.25) is 0 Å². The standard InChI is InChI=1S/2C10H12O/c1-3-4-9-5-7-10(11-2)8-6-9;1-3-4-9-5-6-10(11)8(2)7-9/h3,5-8H,1,4H2,2H3;3,5-7,11H,1,4H2,2H3. The third-order valence-corrected chi connectivity index (χ3v) is 3.18. The molecule has 116 valence electrons. The Balaban J connectivity index is 0.000000220. The van der Waals surface area contributed by atoms with Gasteiger partial charge in [-0.1, -0.05) is 36.4 Å². The molecule has 0 aromatic heterocycles. The highest BCUT2D eigenvalue weighted by molar-refractivity contribution is 5.35. The van der Waals surface area contributed by atoms with Gasteiger partial charge in [-0.05, 0) is 54.7 Å². The molecule has 0 bridgehead atoms. The van der Waals surface area contributed by atoms with Crippen molar-refractivity contribution in [3.05, 3.63) is 84.5 Å². The van der Waals surface area contributed by atoms with E-state index in [4.69, 9.17) is 4.74 Å². The van der Waals surface area contributed by atoms with E-state index in [1.165, 1.54) is 11.1 Å². The maximum atomic E-state index is 9.19. The fourth-order valence-electron chi connectivity index (χ4n) is 1.94. The number of benzene rings is 2. The van der Waals surface area contributed by atoms with Crippen LogP contribution in [0.2, 0.25) is 0 Å². The summed E-state index contributed by atoms with van der Waals surface area (Å²) in [6.45, 7) is 9.20. The zero-order chi connectivity index (χ0) is 16.4. The number of methoxy groups -OCH3 is 1. The molecule has 0 spiro atoms. The maximum Gasteiger partial charge on any atom is 0.118 e. The Hall–Kier alpha value is -2.48. The first-order valence-corrected chi connectivity index (χ1v) is 7.24. The van der Waals surface area contributed by atoms with Crippen LogP contribution in [0.3, 0.4) is 0 Å². The number of phenols is 1. The van der Waals surface area contributed by atoms with E-state index in [-0.39, 0.29) is 0 Å². The first-order chi connectivity index (χ1) is 10.6. The Morgan fingerprint density at radius 3 is 2.00 bits per heavy atom. The molecule has 0 saturated heterocycles. The van der Waals surface area contributed by atoms with Crippen LogP contribution in [0.25, 0.3) is 0 Å². The fraction of sp³-hybridized carbons (Fsp3) is 0.200. The minimum Gasteiger partial charge on any atom is -0.508 e. The molecule has 22 heavy (non-hydrogen) atoms. The molecule has 0 unspecified atom stereocenters. The van der Waals surface area contributed by atoms with Crippen molar-refractivity contribution in [1.82, 2.24) is 0 Å². The van der Waals surface area contributed by atoms with Crippen molar-refractivity contribution in [3.8, 4) is 11.5 Å². The van der Waals surface area contributed by atoms with Crippen LogP contribution in [0.15, 0.2) is 67.8 Å². The Morgan fingerprint density at radius 2 is 1.50 bits per heavy atom. The van der Waals surface area contributed by atoms with E-state index in [0.29, 0.717) is 5.75 Å². The molecule has 0 aliphatic carbocycles. The lowest BCUT2D eigenvalue weighted by Crippen LogP contribution is -1.83. The highest BCUT2D eigenvalue weighted by atomic mass is 16.5. The summed E-state index contributed by atoms with van der Waals surface area (Å²) in [5, 5.41) is 9.19. The highest BCUT2D eigenvalue weighted by Crippen LogP contribution is 2.17. The molecule has 0 saturated carbocycles. The minimum absolute atomic E-state index is 0.359. The van der Waals surface area contributed by atoms with Crippen molar-refractivity contribution in [2.75, 3.05) is 7.11 Å². The third-order valence-electron chi connectivity index (χ3n) is 3.18. The molecule has 0 atom stereocenters. The maximum absolute atomic E-state index is 9.19. The van der Waals surface area contributed by atoms with Gasteiger partial charge in [0, 0.05) is 0 Å². The van der Waals surface area contributed by atoms with Gasteiger partial charge in [0.15, 0.2) is 0 Å². The van der Waals surface area contributed by atoms with Gasteiger partial charge in [-0.2, -0.15) is 0 Å². The van der Waals surface area contributed by atoms with Crippen LogP contribution in [0.5, 0.6) is 11.5 Å². The summed E-state index contributed by atoms with van der Waals surface area (Å²) < 4.78 is 5.02. The number of hydrogen-bond donors (Lipinski definition) is 1. The molecule has 2 aromatic carbocycles. The monoisotopic (exact) mass is 296 g/mol. The summed E-state index contributed by atoms with van der Waals surface area (Å²) in [7, 11) is 1.67. The van der Waals surface area contributed by atoms with Crippen molar-refractivity contribution < 1.29 is 9.84 Å². The lowest BCUT2D eigenvalue weighted by Gasteiger charge is -2.00. The largest absolute Gasteiger partial charge is 0.508 e. The van der Waals surface area contributed by atoms with Gasteiger partial charge in [0.05, 0.1) is 7.11 Å². The van der Waals surface area contributed by atoms with Crippen LogP contribution in [0, 0.1) is 6.92 Å². The predicted molar refractivity (Wildman–Crippen MR) is 93.6 cm³/mol. The second kappa shape index (κ2) is 9.46. The van der Waals surface area contributed by atoms with Crippen LogP contribution in [0.1, 0.15) is 16.7 Å². The van der Waals surface area contributed by atoms with E-state index in [0.717, 1.165) is 24.2 Å². The summed E-state index contributed by atoms with van der Waals surface area (Å²) >= 11 is 0. The molecule has 2 aromatic rings. The predicted octanol–water partition coefficient (Wildman–Crippen LogP) is 4.85. The SMILES string of the molecule is C=CCc1ccc(O)c(C)c1.C=CCc1ccc(OC)cc1. The Morgan fingerprint density at radius 1 is 0.955 bits per heavy atom. The number of ether oxygens (including phenoxy) is 1. The summed E-state index contributed by atoms with van der Waals surface area (Å²) in [5.41, 5.74) is 3.38. The minimum atomic E-state index is 0.359. The zero-order valence-corrected chi connectivity index (χ0v) is 13.4. The highest BCUT2D eigenvalue weighted by Gasteiger charge is 1.95. The molecular weight excluding hydrogens is 272 g/mol. The van der Waals surface area contributed by atoms with E-state index in [2.05, 4.69) is 13.2 Å². The van der Waals surface area contributed by atoms with E-state index < -0.39 is 0 Å². The first kappa shape index (κ1) is 17.6. The molecule has 1 N–H and O–H groups in total. The summed E-state index contributed by atoms with van der Waals surface area (Å²) in [5.74, 6) is 1.26. The Kier molecular flexibility index (Phi) is 7.55. The molecular formula is C20H24O2. The average molecular weight is 296 g/mol. The molecule has 0 amide bonds. The summed E-state index contributed by atoms with van der Waals surface area (Å²) in [4.78, 5) is 0. The summed E-state index contributed by atoms with van der Waals surface area (Å²) in [6.07, 6.45) is 5.53. The van der Waals surface area contributed by atoms with E-state index in [1.54, 1.807) is 13.2 Å². The van der Waals surface area contributed by atoms with Gasteiger partial charge >= 0.3 is 0 Å². The van der Waals surface area contributed by atoms with Crippen molar-refractivity contribution in [1.29, 1.82) is 0 Å². The molecule has 0 aliphatic heterocycles. The molecule has 0 heterocycles. The number of allylic oxidation sites excluding steroid dienone is 2. The second-order valence-electron chi connectivity index (χ2n) is 4.95. The zero-order valence-electron chi connectivity index (χ0n) is 13.4. The van der Waals surface area contributed by atoms with Gasteiger partial charge in [-0.15, -0.1) is 13.2 Å². The van der Waals surface area contributed by atoms with Crippen molar-refractivity contribution >= 4 is 0 Å². The molecule has 0 aliphatic rings. The van der Waals surface area contributed by atoms with Crippen molar-refractivity contribution in [3.63, 3.8) is 0 Å². The van der Waals surface area contributed by atoms with Gasteiger partial charge in [0.1, 0.15) is 11.5 Å². The normalized spacial score (nSPS) is 9.36. The van der Waals surface area contributed by atoms with Gasteiger partial charge in [0.2, 0.25) is 0 Å². The number of phenolic OH excluding ortho intramolecular Hbond substituents is 1. The van der Waals surface area contributed by atoms with Crippen LogP contribution in [-0.4, -0.2) is 12.2 Å². The lowest BCUT2D eigenvalue weighted by molar-refractivity contribution is 0.414. The topological polar surface area (TPSA) is 29.5 Å². The van der Waals surface area contributed by atoms with Crippen LogP contribution >= 0.6 is 0 Å². The van der Waals surface area contributed by atoms with Crippen LogP contribution in [0.4, 0.5) is 0 Å². The number of rotatable bonds is 5. The number of aromatic hydroxyl groups is 1. The smallest absolute Gasteiger partial charge is 0.118 e. The Labute approximate surface area is 133 Å². The summed E-state index contributed by atoms with van der Waals surface area (Å²) in [6, 6.07) is 13.6. The van der Waals surface area contributed by atoms with Gasteiger partial charge in [-0.25, -0.2) is 0 Å². The molecule has 2 heteroatoms. The van der Waals surface area contributed by atoms with E-state index >= 15 is 0 Å². The average Bonchev–Trinajstić information content (AvgIpc) is 2.53. The fourth-order valence-corrected chi connectivity index (χ4v) is 1.94. The van der Waals surface area contributed by atoms with Crippen molar-refractivity contribution in [2.45, 2.75) is 19.8 Å². The molecule has 0 fully saturated rings. The van der Waals surface area contributed by atoms with Crippen LogP contribution < -0.4 is 4.74 Å². The number of hydrogen-bond acceptors (Lipinski definition) is 2. The molecule has 0 radical (unpaired) electrons. The number of aryl methyl sites for hydroxylation is 1.